The van der Waals surface area contributed by atoms with E-state index >= 15 is 0 Å². The third-order valence-electron chi connectivity index (χ3n) is 2.15. The predicted octanol–water partition coefficient (Wildman–Crippen LogP) is 2.46. The lowest BCUT2D eigenvalue weighted by molar-refractivity contribution is 0.221. The number of rotatable bonds is 3. The maximum atomic E-state index is 5.91. The van der Waals surface area contributed by atoms with Crippen molar-refractivity contribution in [2.75, 3.05) is 5.73 Å². The Bertz CT molecular complexity index is 496. The Morgan fingerprint density at radius 2 is 2.25 bits per heavy atom. The van der Waals surface area contributed by atoms with E-state index in [4.69, 9.17) is 22.1 Å². The van der Waals surface area contributed by atoms with Gasteiger partial charge in [-0.1, -0.05) is 11.6 Å². The van der Waals surface area contributed by atoms with Crippen molar-refractivity contribution in [2.24, 2.45) is 0 Å². The summed E-state index contributed by atoms with van der Waals surface area (Å²) < 4.78 is 7.15. The summed E-state index contributed by atoms with van der Waals surface area (Å²) in [5, 5.41) is 4.74. The fourth-order valence-corrected chi connectivity index (χ4v) is 1.41. The van der Waals surface area contributed by atoms with Gasteiger partial charge in [0, 0.05) is 17.3 Å². The number of nitrogens with zero attached hydrogens (tertiary/aromatic N) is 2. The zero-order valence-corrected chi connectivity index (χ0v) is 9.61. The number of hydrogen-bond acceptors (Lipinski definition) is 3. The fourth-order valence-electron chi connectivity index (χ4n) is 1.30. The highest BCUT2D eigenvalue weighted by molar-refractivity contribution is 6.31. The van der Waals surface area contributed by atoms with Crippen molar-refractivity contribution >= 4 is 17.4 Å². The first-order valence-corrected chi connectivity index (χ1v) is 5.21. The van der Waals surface area contributed by atoms with Crippen LogP contribution in [0.1, 0.15) is 5.56 Å². The molecule has 84 valence electrons. The molecule has 0 amide bonds. The van der Waals surface area contributed by atoms with Crippen molar-refractivity contribution in [3.8, 4) is 5.75 Å². The van der Waals surface area contributed by atoms with Crippen LogP contribution in [0.5, 0.6) is 5.75 Å². The lowest BCUT2D eigenvalue weighted by Crippen LogP contribution is -2.06. The number of aromatic nitrogens is 2. The van der Waals surface area contributed by atoms with Crippen LogP contribution in [0.3, 0.4) is 0 Å². The molecule has 0 bridgehead atoms. The maximum Gasteiger partial charge on any atom is 0.180 e. The van der Waals surface area contributed by atoms with E-state index in [-0.39, 0.29) is 0 Å². The van der Waals surface area contributed by atoms with Gasteiger partial charge in [-0.05, 0) is 30.7 Å². The van der Waals surface area contributed by atoms with Crippen LogP contribution < -0.4 is 10.5 Å². The van der Waals surface area contributed by atoms with Crippen molar-refractivity contribution in [3.05, 3.63) is 41.0 Å². The normalized spacial score (nSPS) is 10.4. The summed E-state index contributed by atoms with van der Waals surface area (Å²) in [6, 6.07) is 7.23. The summed E-state index contributed by atoms with van der Waals surface area (Å²) in [6.07, 6.45) is 1.76. The average molecular weight is 238 g/mol. The molecule has 0 radical (unpaired) electrons. The van der Waals surface area contributed by atoms with E-state index in [0.717, 1.165) is 16.3 Å². The Hall–Kier alpha value is -1.68. The van der Waals surface area contributed by atoms with E-state index < -0.39 is 0 Å². The van der Waals surface area contributed by atoms with Gasteiger partial charge in [0.25, 0.3) is 0 Å². The Labute approximate surface area is 98.6 Å². The van der Waals surface area contributed by atoms with Crippen LogP contribution in [0.15, 0.2) is 30.5 Å². The van der Waals surface area contributed by atoms with Crippen molar-refractivity contribution in [3.63, 3.8) is 0 Å². The Morgan fingerprint density at radius 3 is 2.88 bits per heavy atom. The molecular weight excluding hydrogens is 226 g/mol. The third-order valence-corrected chi connectivity index (χ3v) is 2.58. The number of hydrogen-bond donors (Lipinski definition) is 1. The zero-order valence-electron chi connectivity index (χ0n) is 8.85. The van der Waals surface area contributed by atoms with Crippen LogP contribution in [0.2, 0.25) is 5.02 Å². The molecule has 1 aromatic heterocycles. The van der Waals surface area contributed by atoms with Gasteiger partial charge >= 0.3 is 0 Å². The van der Waals surface area contributed by atoms with Gasteiger partial charge in [-0.15, -0.1) is 0 Å². The van der Waals surface area contributed by atoms with Crippen LogP contribution in [0.25, 0.3) is 0 Å². The second-order valence-corrected chi connectivity index (χ2v) is 3.87. The summed E-state index contributed by atoms with van der Waals surface area (Å²) >= 11 is 5.91. The third kappa shape index (κ3) is 2.46. The Morgan fingerprint density at radius 1 is 1.44 bits per heavy atom. The molecule has 2 aromatic rings. The van der Waals surface area contributed by atoms with Gasteiger partial charge in [-0.2, -0.15) is 5.10 Å². The van der Waals surface area contributed by atoms with Crippen LogP contribution in [-0.2, 0) is 6.73 Å². The summed E-state index contributed by atoms with van der Waals surface area (Å²) in [6.45, 7) is 2.26. The van der Waals surface area contributed by atoms with Gasteiger partial charge < -0.3 is 10.5 Å². The molecule has 2 N–H and O–H groups in total. The van der Waals surface area contributed by atoms with E-state index in [2.05, 4.69) is 5.10 Å². The molecule has 0 aliphatic rings. The number of benzene rings is 1. The van der Waals surface area contributed by atoms with Gasteiger partial charge in [0.05, 0.1) is 0 Å². The molecule has 0 aliphatic carbocycles. The second-order valence-electron chi connectivity index (χ2n) is 3.46. The number of ether oxygens (including phenoxy) is 1. The fraction of sp³-hybridized carbons (Fsp3) is 0.182. The van der Waals surface area contributed by atoms with E-state index in [1.807, 2.05) is 25.1 Å². The highest BCUT2D eigenvalue weighted by Gasteiger charge is 1.99. The van der Waals surface area contributed by atoms with Crippen LogP contribution >= 0.6 is 11.6 Å². The number of aryl methyl sites for hydroxylation is 1. The lowest BCUT2D eigenvalue weighted by atomic mass is 10.2. The molecular formula is C11H12ClN3O. The average Bonchev–Trinajstić information content (AvgIpc) is 2.66. The minimum Gasteiger partial charge on any atom is -0.471 e. The summed E-state index contributed by atoms with van der Waals surface area (Å²) in [4.78, 5) is 0. The van der Waals surface area contributed by atoms with E-state index in [1.54, 1.807) is 16.9 Å². The van der Waals surface area contributed by atoms with Gasteiger partial charge in [-0.3, -0.25) is 0 Å². The molecule has 2 rings (SSSR count). The molecule has 1 heterocycles. The molecule has 4 nitrogen and oxygen atoms in total. The summed E-state index contributed by atoms with van der Waals surface area (Å²) in [7, 11) is 0. The topological polar surface area (TPSA) is 53.1 Å². The quantitative estimate of drug-likeness (QED) is 0.892. The minimum absolute atomic E-state index is 0.332. The van der Waals surface area contributed by atoms with Crippen molar-refractivity contribution in [1.82, 2.24) is 9.78 Å². The molecule has 0 saturated heterocycles. The number of anilines is 1. The molecule has 0 unspecified atom stereocenters. The SMILES string of the molecule is Cc1cc(OCn2ccc(N)n2)ccc1Cl. The highest BCUT2D eigenvalue weighted by Crippen LogP contribution is 2.21. The standard InChI is InChI=1S/C11H12ClN3O/c1-8-6-9(2-3-10(8)12)16-7-15-5-4-11(13)14-15/h2-6H,7H2,1H3,(H2,13,14). The van der Waals surface area contributed by atoms with Crippen LogP contribution in [-0.4, -0.2) is 9.78 Å². The van der Waals surface area contributed by atoms with Crippen LogP contribution in [0.4, 0.5) is 5.82 Å². The van der Waals surface area contributed by atoms with Gasteiger partial charge in [-0.25, -0.2) is 4.68 Å². The maximum absolute atomic E-state index is 5.91. The first-order chi connectivity index (χ1) is 7.65. The van der Waals surface area contributed by atoms with Gasteiger partial charge in [0.15, 0.2) is 6.73 Å². The number of nitrogens with two attached hydrogens (primary N) is 1. The molecule has 0 fully saturated rings. The van der Waals surface area contributed by atoms with Crippen LogP contribution in [0, 0.1) is 6.92 Å². The monoisotopic (exact) mass is 237 g/mol. The minimum atomic E-state index is 0.332. The van der Waals surface area contributed by atoms with Crippen molar-refractivity contribution in [2.45, 2.75) is 13.7 Å². The highest BCUT2D eigenvalue weighted by atomic mass is 35.5. The van der Waals surface area contributed by atoms with Crippen molar-refractivity contribution < 1.29 is 4.74 Å². The Balaban J connectivity index is 2.02. The smallest absolute Gasteiger partial charge is 0.180 e. The molecule has 0 spiro atoms. The van der Waals surface area contributed by atoms with E-state index in [9.17, 15) is 0 Å². The first-order valence-electron chi connectivity index (χ1n) is 4.83. The summed E-state index contributed by atoms with van der Waals surface area (Å²) in [5.74, 6) is 1.24. The Kier molecular flexibility index (Phi) is 3.01. The lowest BCUT2D eigenvalue weighted by Gasteiger charge is -2.07. The van der Waals surface area contributed by atoms with E-state index in [1.165, 1.54) is 0 Å². The molecule has 0 saturated carbocycles. The zero-order chi connectivity index (χ0) is 11.5. The number of nitrogen functional groups attached to an aromatic ring is 1. The van der Waals surface area contributed by atoms with Crippen molar-refractivity contribution in [1.29, 1.82) is 0 Å². The predicted molar refractivity (Wildman–Crippen MR) is 63.5 cm³/mol. The van der Waals surface area contributed by atoms with E-state index in [0.29, 0.717) is 12.5 Å². The number of halogens is 1. The molecule has 1 aromatic carbocycles. The largest absolute Gasteiger partial charge is 0.471 e. The second kappa shape index (κ2) is 4.45. The summed E-state index contributed by atoms with van der Waals surface area (Å²) in [5.41, 5.74) is 6.47. The molecule has 0 atom stereocenters. The molecule has 16 heavy (non-hydrogen) atoms. The first kappa shape index (κ1) is 10.8. The molecule has 5 heteroatoms. The van der Waals surface area contributed by atoms with Gasteiger partial charge in [0.1, 0.15) is 11.6 Å². The molecule has 0 aliphatic heterocycles. The van der Waals surface area contributed by atoms with Gasteiger partial charge in [0.2, 0.25) is 0 Å².